The lowest BCUT2D eigenvalue weighted by molar-refractivity contribution is -0.139. The molecule has 0 aliphatic heterocycles. The van der Waals surface area contributed by atoms with Crippen LogP contribution in [-0.2, 0) is 4.79 Å². The van der Waals surface area contributed by atoms with Gasteiger partial charge in [-0.25, -0.2) is 4.79 Å². The van der Waals surface area contributed by atoms with Gasteiger partial charge in [-0.3, -0.25) is 9.59 Å². The second-order valence-electron chi connectivity index (χ2n) is 7.57. The number of carboxylic acid groups (broad SMARTS) is 1. The summed E-state index contributed by atoms with van der Waals surface area (Å²) in [6.07, 6.45) is 0. The summed E-state index contributed by atoms with van der Waals surface area (Å²) in [5, 5.41) is 14.0. The van der Waals surface area contributed by atoms with Crippen LogP contribution in [0.1, 0.15) is 38.6 Å². The molecule has 0 spiro atoms. The smallest absolute Gasteiger partial charge is 0.330 e. The number of Topliss-reactive ketones (excluding diaryl/α,β-unsaturated/α-hetero) is 1. The van der Waals surface area contributed by atoms with Crippen LogP contribution in [0.3, 0.4) is 0 Å². The first-order valence-electron chi connectivity index (χ1n) is 10.3. The lowest BCUT2D eigenvalue weighted by Crippen LogP contribution is -2.33. The number of carbonyl (C=O) groups is 3. The first-order chi connectivity index (χ1) is 15.9. The first-order valence-corrected chi connectivity index (χ1v) is 11.2. The zero-order valence-corrected chi connectivity index (χ0v) is 18.6. The fourth-order valence-corrected chi connectivity index (χ4v) is 4.31. The maximum Gasteiger partial charge on any atom is 0.330 e. The van der Waals surface area contributed by atoms with Crippen molar-refractivity contribution in [2.75, 3.05) is 0 Å². The molecule has 1 aromatic heterocycles. The fourth-order valence-electron chi connectivity index (χ4n) is 3.49. The van der Waals surface area contributed by atoms with Gasteiger partial charge in [-0.1, -0.05) is 78.9 Å². The van der Waals surface area contributed by atoms with E-state index in [2.05, 4.69) is 5.32 Å². The van der Waals surface area contributed by atoms with Gasteiger partial charge in [0.15, 0.2) is 11.8 Å². The van der Waals surface area contributed by atoms with E-state index in [0.29, 0.717) is 16.0 Å². The summed E-state index contributed by atoms with van der Waals surface area (Å²) >= 11 is 1.27. The molecule has 0 unspecified atom stereocenters. The van der Waals surface area contributed by atoms with Crippen LogP contribution in [0.5, 0.6) is 0 Å². The molecule has 1 heterocycles. The molecule has 3 aromatic carbocycles. The third kappa shape index (κ3) is 5.07. The van der Waals surface area contributed by atoms with Gasteiger partial charge in [0, 0.05) is 5.56 Å². The van der Waals surface area contributed by atoms with E-state index in [1.807, 2.05) is 53.9 Å². The summed E-state index contributed by atoms with van der Waals surface area (Å²) in [6, 6.07) is 24.7. The average molecular weight is 456 g/mol. The number of nitrogens with one attached hydrogen (secondary N) is 1. The van der Waals surface area contributed by atoms with E-state index >= 15 is 0 Å². The monoisotopic (exact) mass is 455 g/mol. The molecule has 164 valence electrons. The van der Waals surface area contributed by atoms with Crippen molar-refractivity contribution in [3.63, 3.8) is 0 Å². The van der Waals surface area contributed by atoms with Gasteiger partial charge >= 0.3 is 5.97 Å². The van der Waals surface area contributed by atoms with Crippen LogP contribution in [0, 0.1) is 0 Å². The van der Waals surface area contributed by atoms with Crippen molar-refractivity contribution in [3.8, 4) is 22.3 Å². The van der Waals surface area contributed by atoms with Crippen LogP contribution in [-0.4, -0.2) is 22.8 Å². The van der Waals surface area contributed by atoms with E-state index in [4.69, 9.17) is 0 Å². The molecule has 33 heavy (non-hydrogen) atoms. The van der Waals surface area contributed by atoms with Crippen molar-refractivity contribution in [1.29, 1.82) is 0 Å². The number of carboxylic acids is 1. The standard InChI is InChI=1S/C27H21NO4S/c1-17(29)18-7-9-19(10-8-18)20-11-13-21(14-12-20)23-15-24(33-16-23)26(30)28-25(27(31)32)22-5-3-2-4-6-22/h2-16,25H,1H3,(H,28,30)(H,31,32)/t25-/m0/s1. The molecule has 6 heteroatoms. The molecule has 0 bridgehead atoms. The Balaban J connectivity index is 1.49. The summed E-state index contributed by atoms with van der Waals surface area (Å²) in [5.41, 5.74) is 5.06. The summed E-state index contributed by atoms with van der Waals surface area (Å²) in [7, 11) is 0. The van der Waals surface area contributed by atoms with Crippen molar-refractivity contribution < 1.29 is 19.5 Å². The van der Waals surface area contributed by atoms with Gasteiger partial charge < -0.3 is 10.4 Å². The van der Waals surface area contributed by atoms with Crippen molar-refractivity contribution in [2.45, 2.75) is 13.0 Å². The number of thiophene rings is 1. The minimum Gasteiger partial charge on any atom is -0.479 e. The topological polar surface area (TPSA) is 83.5 Å². The van der Waals surface area contributed by atoms with Gasteiger partial charge in [0.1, 0.15) is 0 Å². The lowest BCUT2D eigenvalue weighted by atomic mass is 10.00. The Labute approximate surface area is 195 Å². The maximum absolute atomic E-state index is 12.7. The molecular formula is C27H21NO4S. The van der Waals surface area contributed by atoms with E-state index in [0.717, 1.165) is 22.3 Å². The highest BCUT2D eigenvalue weighted by Gasteiger charge is 2.23. The summed E-state index contributed by atoms with van der Waals surface area (Å²) in [4.78, 5) is 36.3. The Kier molecular flexibility index (Phi) is 6.47. The molecule has 5 nitrogen and oxygen atoms in total. The molecule has 0 aliphatic rings. The highest BCUT2D eigenvalue weighted by molar-refractivity contribution is 7.12. The number of aliphatic carboxylic acids is 1. The molecule has 2 N–H and O–H groups in total. The van der Waals surface area contributed by atoms with Gasteiger partial charge in [0.2, 0.25) is 0 Å². The minimum atomic E-state index is -1.11. The van der Waals surface area contributed by atoms with Gasteiger partial charge in [-0.05, 0) is 46.2 Å². The Bertz CT molecular complexity index is 1290. The second kappa shape index (κ2) is 9.63. The first kappa shape index (κ1) is 22.2. The van der Waals surface area contributed by atoms with Crippen molar-refractivity contribution in [3.05, 3.63) is 106 Å². The Morgan fingerprint density at radius 3 is 1.88 bits per heavy atom. The van der Waals surface area contributed by atoms with Crippen LogP contribution in [0.15, 0.2) is 90.3 Å². The van der Waals surface area contributed by atoms with Crippen LogP contribution >= 0.6 is 11.3 Å². The molecule has 1 amide bonds. The highest BCUT2D eigenvalue weighted by Crippen LogP contribution is 2.29. The largest absolute Gasteiger partial charge is 0.479 e. The van der Waals surface area contributed by atoms with Crippen LogP contribution < -0.4 is 5.32 Å². The van der Waals surface area contributed by atoms with Crippen LogP contribution in [0.25, 0.3) is 22.3 Å². The van der Waals surface area contributed by atoms with E-state index in [1.54, 1.807) is 43.3 Å². The van der Waals surface area contributed by atoms with Crippen LogP contribution in [0.2, 0.25) is 0 Å². The third-order valence-corrected chi connectivity index (χ3v) is 6.25. The number of amides is 1. The number of benzene rings is 3. The average Bonchev–Trinajstić information content (AvgIpc) is 3.33. The Hall–Kier alpha value is -4.03. The van der Waals surface area contributed by atoms with Gasteiger partial charge in [-0.2, -0.15) is 0 Å². The molecule has 1 atom stereocenters. The number of carbonyl (C=O) groups excluding carboxylic acids is 2. The zero-order chi connectivity index (χ0) is 23.4. The predicted molar refractivity (Wildman–Crippen MR) is 129 cm³/mol. The van der Waals surface area contributed by atoms with Gasteiger partial charge in [-0.15, -0.1) is 11.3 Å². The van der Waals surface area contributed by atoms with Gasteiger partial charge in [0.25, 0.3) is 5.91 Å². The van der Waals surface area contributed by atoms with Crippen molar-refractivity contribution >= 4 is 29.0 Å². The van der Waals surface area contributed by atoms with E-state index in [-0.39, 0.29) is 5.78 Å². The fraction of sp³-hybridized carbons (Fsp3) is 0.0741. The van der Waals surface area contributed by atoms with E-state index in [1.165, 1.54) is 11.3 Å². The second-order valence-corrected chi connectivity index (χ2v) is 8.48. The number of rotatable bonds is 7. The maximum atomic E-state index is 12.7. The van der Waals surface area contributed by atoms with Crippen molar-refractivity contribution in [2.24, 2.45) is 0 Å². The lowest BCUT2D eigenvalue weighted by Gasteiger charge is -2.14. The van der Waals surface area contributed by atoms with Crippen LogP contribution in [0.4, 0.5) is 0 Å². The molecule has 0 fully saturated rings. The minimum absolute atomic E-state index is 0.0349. The summed E-state index contributed by atoms with van der Waals surface area (Å²) in [6.45, 7) is 1.54. The molecular weight excluding hydrogens is 434 g/mol. The van der Waals surface area contributed by atoms with E-state index in [9.17, 15) is 19.5 Å². The molecule has 0 saturated carbocycles. The normalized spacial score (nSPS) is 11.5. The quantitative estimate of drug-likeness (QED) is 0.343. The molecule has 0 aliphatic carbocycles. The van der Waals surface area contributed by atoms with E-state index < -0.39 is 17.9 Å². The Morgan fingerprint density at radius 1 is 0.788 bits per heavy atom. The summed E-state index contributed by atoms with van der Waals surface area (Å²) in [5.74, 6) is -1.50. The van der Waals surface area contributed by atoms with Crippen molar-refractivity contribution in [1.82, 2.24) is 5.32 Å². The zero-order valence-electron chi connectivity index (χ0n) is 17.8. The number of hydrogen-bond acceptors (Lipinski definition) is 4. The Morgan fingerprint density at radius 2 is 1.33 bits per heavy atom. The molecule has 4 aromatic rings. The number of hydrogen-bond donors (Lipinski definition) is 2. The highest BCUT2D eigenvalue weighted by atomic mass is 32.1. The summed E-state index contributed by atoms with van der Waals surface area (Å²) < 4.78 is 0. The third-order valence-electron chi connectivity index (χ3n) is 5.32. The number of ketones is 1. The molecule has 4 rings (SSSR count). The molecule has 0 saturated heterocycles. The predicted octanol–water partition coefficient (Wildman–Crippen LogP) is 5.84. The van der Waals surface area contributed by atoms with Gasteiger partial charge in [0.05, 0.1) is 4.88 Å². The molecule has 0 radical (unpaired) electrons. The SMILES string of the molecule is CC(=O)c1ccc(-c2ccc(-c3csc(C(=O)N[C@H](C(=O)O)c4ccccc4)c3)cc2)cc1.